The molecule has 1 aromatic carbocycles. The number of benzene rings is 1. The highest BCUT2D eigenvalue weighted by Gasteiger charge is 2.21. The summed E-state index contributed by atoms with van der Waals surface area (Å²) in [6.45, 7) is 4.33. The second-order valence-electron chi connectivity index (χ2n) is 5.43. The maximum absolute atomic E-state index is 12.5. The van der Waals surface area contributed by atoms with Crippen LogP contribution in [0.2, 0.25) is 0 Å². The highest BCUT2D eigenvalue weighted by Crippen LogP contribution is 2.20. The number of rotatable bonds is 4. The minimum atomic E-state index is 0.00411. The molecule has 1 aliphatic heterocycles. The summed E-state index contributed by atoms with van der Waals surface area (Å²) in [5.41, 5.74) is 4.97. The molecular weight excluding hydrogens is 254 g/mol. The van der Waals surface area contributed by atoms with Crippen LogP contribution in [-0.2, 0) is 4.74 Å². The molecule has 1 saturated heterocycles. The Balaban J connectivity index is 2.05. The standard InChI is InChI=1S/C15H23N3O2/c1-11-3-4-13(14(9-11)17-16)15(19)18(2)10-12-5-7-20-8-6-12/h3-4,9,12,17H,5-8,10,16H2,1-2H3. The number of carbonyl (C=O) groups excluding carboxylic acids is 1. The van der Waals surface area contributed by atoms with Crippen molar-refractivity contribution in [1.82, 2.24) is 4.90 Å². The molecule has 0 saturated carbocycles. The van der Waals surface area contributed by atoms with Crippen molar-refractivity contribution in [3.63, 3.8) is 0 Å². The van der Waals surface area contributed by atoms with E-state index in [4.69, 9.17) is 10.6 Å². The van der Waals surface area contributed by atoms with Crippen LogP contribution in [0.1, 0.15) is 28.8 Å². The van der Waals surface area contributed by atoms with Crippen LogP contribution in [0, 0.1) is 12.8 Å². The lowest BCUT2D eigenvalue weighted by Crippen LogP contribution is -2.34. The van der Waals surface area contributed by atoms with Gasteiger partial charge in [-0.15, -0.1) is 0 Å². The first-order chi connectivity index (χ1) is 9.61. The van der Waals surface area contributed by atoms with Crippen LogP contribution >= 0.6 is 0 Å². The van der Waals surface area contributed by atoms with Crippen LogP contribution in [0.25, 0.3) is 0 Å². The Kier molecular flexibility index (Phi) is 4.98. The lowest BCUT2D eigenvalue weighted by Gasteiger charge is -2.27. The smallest absolute Gasteiger partial charge is 0.255 e. The van der Waals surface area contributed by atoms with Crippen molar-refractivity contribution in [2.45, 2.75) is 19.8 Å². The van der Waals surface area contributed by atoms with Crippen molar-refractivity contribution in [2.24, 2.45) is 11.8 Å². The average Bonchev–Trinajstić information content (AvgIpc) is 2.47. The maximum atomic E-state index is 12.5. The van der Waals surface area contributed by atoms with E-state index in [1.54, 1.807) is 4.90 Å². The number of nitrogens with zero attached hydrogens (tertiary/aromatic N) is 1. The van der Waals surface area contributed by atoms with Crippen LogP contribution in [0.15, 0.2) is 18.2 Å². The second kappa shape index (κ2) is 6.72. The van der Waals surface area contributed by atoms with Gasteiger partial charge in [0.1, 0.15) is 0 Å². The number of hydrogen-bond acceptors (Lipinski definition) is 4. The molecule has 20 heavy (non-hydrogen) atoms. The number of amides is 1. The number of ether oxygens (including phenoxy) is 1. The van der Waals surface area contributed by atoms with Gasteiger partial charge in [-0.1, -0.05) is 6.07 Å². The summed E-state index contributed by atoms with van der Waals surface area (Å²) >= 11 is 0. The molecule has 2 rings (SSSR count). The minimum Gasteiger partial charge on any atom is -0.381 e. The Labute approximate surface area is 120 Å². The van der Waals surface area contributed by atoms with E-state index in [9.17, 15) is 4.79 Å². The third-order valence-electron chi connectivity index (χ3n) is 3.78. The molecule has 5 nitrogen and oxygen atoms in total. The largest absolute Gasteiger partial charge is 0.381 e. The minimum absolute atomic E-state index is 0.00411. The van der Waals surface area contributed by atoms with E-state index in [1.807, 2.05) is 32.2 Å². The van der Waals surface area contributed by atoms with E-state index in [-0.39, 0.29) is 5.91 Å². The third-order valence-corrected chi connectivity index (χ3v) is 3.78. The molecule has 0 atom stereocenters. The third kappa shape index (κ3) is 3.49. The fourth-order valence-electron chi connectivity index (χ4n) is 2.57. The van der Waals surface area contributed by atoms with Crippen LogP contribution in [0.3, 0.4) is 0 Å². The summed E-state index contributed by atoms with van der Waals surface area (Å²) in [6, 6.07) is 5.64. The van der Waals surface area contributed by atoms with Gasteiger partial charge in [0.2, 0.25) is 0 Å². The first-order valence-electron chi connectivity index (χ1n) is 7.02. The molecule has 0 radical (unpaired) electrons. The fraction of sp³-hybridized carbons (Fsp3) is 0.533. The lowest BCUT2D eigenvalue weighted by molar-refractivity contribution is 0.0497. The molecule has 1 heterocycles. The number of nitrogens with two attached hydrogens (primary N) is 1. The highest BCUT2D eigenvalue weighted by molar-refractivity contribution is 5.99. The molecule has 0 spiro atoms. The van der Waals surface area contributed by atoms with E-state index in [0.29, 0.717) is 17.2 Å². The Morgan fingerprint density at radius 3 is 2.80 bits per heavy atom. The molecule has 0 aromatic heterocycles. The first kappa shape index (κ1) is 14.8. The number of aryl methyl sites for hydroxylation is 1. The van der Waals surface area contributed by atoms with Gasteiger partial charge in [0.15, 0.2) is 0 Å². The second-order valence-corrected chi connectivity index (χ2v) is 5.43. The van der Waals surface area contributed by atoms with Crippen LogP contribution in [0.5, 0.6) is 0 Å². The predicted molar refractivity (Wildman–Crippen MR) is 79.5 cm³/mol. The molecule has 0 aliphatic carbocycles. The number of nitrogens with one attached hydrogen (secondary N) is 1. The molecular formula is C15H23N3O2. The zero-order chi connectivity index (χ0) is 14.5. The van der Waals surface area contributed by atoms with Gasteiger partial charge in [-0.3, -0.25) is 10.6 Å². The first-order valence-corrected chi connectivity index (χ1v) is 7.02. The molecule has 1 amide bonds. The quantitative estimate of drug-likeness (QED) is 0.650. The molecule has 1 aliphatic rings. The Hall–Kier alpha value is -1.59. The van der Waals surface area contributed by atoms with Crippen molar-refractivity contribution >= 4 is 11.6 Å². The molecule has 0 unspecified atom stereocenters. The zero-order valence-corrected chi connectivity index (χ0v) is 12.2. The van der Waals surface area contributed by atoms with Gasteiger partial charge in [-0.25, -0.2) is 0 Å². The molecule has 3 N–H and O–H groups in total. The van der Waals surface area contributed by atoms with E-state index in [1.165, 1.54) is 0 Å². The Morgan fingerprint density at radius 1 is 1.45 bits per heavy atom. The fourth-order valence-corrected chi connectivity index (χ4v) is 2.57. The van der Waals surface area contributed by atoms with Crippen molar-refractivity contribution in [3.05, 3.63) is 29.3 Å². The zero-order valence-electron chi connectivity index (χ0n) is 12.2. The van der Waals surface area contributed by atoms with Gasteiger partial charge >= 0.3 is 0 Å². The summed E-state index contributed by atoms with van der Waals surface area (Å²) in [6.07, 6.45) is 2.04. The molecule has 0 bridgehead atoms. The highest BCUT2D eigenvalue weighted by atomic mass is 16.5. The van der Waals surface area contributed by atoms with Gasteiger partial charge in [-0.2, -0.15) is 0 Å². The normalized spacial score (nSPS) is 15.9. The van der Waals surface area contributed by atoms with Crippen LogP contribution in [0.4, 0.5) is 5.69 Å². The molecule has 5 heteroatoms. The molecule has 1 fully saturated rings. The lowest BCUT2D eigenvalue weighted by atomic mass is 9.99. The van der Waals surface area contributed by atoms with Gasteiger partial charge in [0.05, 0.1) is 11.3 Å². The summed E-state index contributed by atoms with van der Waals surface area (Å²) in [4.78, 5) is 14.3. The van der Waals surface area contributed by atoms with Crippen LogP contribution < -0.4 is 11.3 Å². The van der Waals surface area contributed by atoms with Crippen LogP contribution in [-0.4, -0.2) is 37.6 Å². The number of hydrogen-bond donors (Lipinski definition) is 2. The predicted octanol–water partition coefficient (Wildman–Crippen LogP) is 1.78. The number of nitrogen functional groups attached to an aromatic ring is 1. The van der Waals surface area contributed by atoms with Crippen molar-refractivity contribution in [1.29, 1.82) is 0 Å². The summed E-state index contributed by atoms with van der Waals surface area (Å²) in [5, 5.41) is 0. The van der Waals surface area contributed by atoms with E-state index in [0.717, 1.165) is 38.2 Å². The van der Waals surface area contributed by atoms with Gasteiger partial charge < -0.3 is 15.1 Å². The number of hydrazine groups is 1. The summed E-state index contributed by atoms with van der Waals surface area (Å²) in [5.74, 6) is 6.03. The van der Waals surface area contributed by atoms with Crippen molar-refractivity contribution in [3.8, 4) is 0 Å². The van der Waals surface area contributed by atoms with Gasteiger partial charge in [-0.05, 0) is 43.4 Å². The maximum Gasteiger partial charge on any atom is 0.255 e. The summed E-state index contributed by atoms with van der Waals surface area (Å²) in [7, 11) is 1.85. The Morgan fingerprint density at radius 2 is 2.15 bits per heavy atom. The Bertz CT molecular complexity index is 470. The van der Waals surface area contributed by atoms with Crippen molar-refractivity contribution < 1.29 is 9.53 Å². The number of carbonyl (C=O) groups is 1. The molecule has 110 valence electrons. The molecule has 1 aromatic rings. The average molecular weight is 277 g/mol. The van der Waals surface area contributed by atoms with E-state index in [2.05, 4.69) is 5.43 Å². The van der Waals surface area contributed by atoms with Gasteiger partial charge in [0.25, 0.3) is 5.91 Å². The van der Waals surface area contributed by atoms with Gasteiger partial charge in [0, 0.05) is 26.8 Å². The number of anilines is 1. The van der Waals surface area contributed by atoms with E-state index < -0.39 is 0 Å². The topological polar surface area (TPSA) is 67.6 Å². The summed E-state index contributed by atoms with van der Waals surface area (Å²) < 4.78 is 5.35. The SMILES string of the molecule is Cc1ccc(C(=O)N(C)CC2CCOCC2)c(NN)c1. The van der Waals surface area contributed by atoms with Crippen molar-refractivity contribution in [2.75, 3.05) is 32.2 Å². The van der Waals surface area contributed by atoms with E-state index >= 15 is 0 Å². The monoisotopic (exact) mass is 277 g/mol.